The van der Waals surface area contributed by atoms with Crippen molar-refractivity contribution in [2.24, 2.45) is 12.0 Å². The summed E-state index contributed by atoms with van der Waals surface area (Å²) in [5.74, 6) is 0.869. The Balaban J connectivity index is 1.45. The third kappa shape index (κ3) is 4.32. The molecule has 0 amide bonds. The van der Waals surface area contributed by atoms with Crippen LogP contribution >= 0.6 is 0 Å². The second kappa shape index (κ2) is 8.48. The lowest BCUT2D eigenvalue weighted by molar-refractivity contribution is -0.00805. The number of para-hydroxylation sites is 1. The summed E-state index contributed by atoms with van der Waals surface area (Å²) in [4.78, 5) is 6.74. The third-order valence-electron chi connectivity index (χ3n) is 5.07. The molecular weight excluding hydrogens is 366 g/mol. The van der Waals surface area contributed by atoms with E-state index in [1.54, 1.807) is 4.68 Å². The van der Waals surface area contributed by atoms with Gasteiger partial charge in [-0.25, -0.2) is 4.68 Å². The fraction of sp³-hybridized carbons (Fsp3) is 0.381. The maximum atomic E-state index is 5.95. The number of nitrogens with one attached hydrogen (secondary N) is 1. The van der Waals surface area contributed by atoms with Gasteiger partial charge in [0.25, 0.3) is 0 Å². The van der Waals surface area contributed by atoms with Gasteiger partial charge in [0.2, 0.25) is 0 Å². The summed E-state index contributed by atoms with van der Waals surface area (Å²) < 4.78 is 9.68. The number of hydrogen-bond donors (Lipinski definition) is 1. The first-order valence-corrected chi connectivity index (χ1v) is 9.80. The molecule has 1 unspecified atom stereocenters. The molecule has 3 aromatic rings. The number of aliphatic imine (C=N–C) groups is 1. The monoisotopic (exact) mass is 393 g/mol. The summed E-state index contributed by atoms with van der Waals surface area (Å²) in [5.41, 5.74) is 4.32. The molecule has 3 heterocycles. The number of benzene rings is 1. The van der Waals surface area contributed by atoms with Crippen LogP contribution < -0.4 is 5.32 Å². The van der Waals surface area contributed by atoms with Crippen LogP contribution in [0.4, 0.5) is 0 Å². The molecule has 2 aromatic heterocycles. The van der Waals surface area contributed by atoms with Crippen molar-refractivity contribution in [2.75, 3.05) is 26.7 Å². The van der Waals surface area contributed by atoms with Crippen molar-refractivity contribution in [3.05, 3.63) is 65.7 Å². The SMILES string of the molecule is CN=C(NCc1ccccc1-n1ccc(C)n1)N1CCOC(c2cnn(C)c2)C1. The van der Waals surface area contributed by atoms with Crippen molar-refractivity contribution in [3.63, 3.8) is 0 Å². The highest BCUT2D eigenvalue weighted by molar-refractivity contribution is 5.80. The van der Waals surface area contributed by atoms with E-state index in [1.807, 2.05) is 62.5 Å². The highest BCUT2D eigenvalue weighted by atomic mass is 16.5. The quantitative estimate of drug-likeness (QED) is 0.543. The van der Waals surface area contributed by atoms with E-state index in [2.05, 4.69) is 37.5 Å². The van der Waals surface area contributed by atoms with Gasteiger partial charge < -0.3 is 15.0 Å². The van der Waals surface area contributed by atoms with Gasteiger partial charge in [0, 0.05) is 45.1 Å². The lowest BCUT2D eigenvalue weighted by Gasteiger charge is -2.34. The average molecular weight is 393 g/mol. The number of ether oxygens (including phenoxy) is 1. The van der Waals surface area contributed by atoms with Gasteiger partial charge in [-0.1, -0.05) is 18.2 Å². The van der Waals surface area contributed by atoms with Gasteiger partial charge in [-0.3, -0.25) is 9.67 Å². The third-order valence-corrected chi connectivity index (χ3v) is 5.07. The molecule has 8 heteroatoms. The number of aryl methyl sites for hydroxylation is 2. The Bertz CT molecular complexity index is 990. The van der Waals surface area contributed by atoms with E-state index in [1.165, 1.54) is 0 Å². The largest absolute Gasteiger partial charge is 0.370 e. The van der Waals surface area contributed by atoms with Gasteiger partial charge in [-0.15, -0.1) is 0 Å². The summed E-state index contributed by atoms with van der Waals surface area (Å²) in [6.45, 7) is 4.86. The summed E-state index contributed by atoms with van der Waals surface area (Å²) in [6, 6.07) is 10.3. The molecule has 0 radical (unpaired) electrons. The summed E-state index contributed by atoms with van der Waals surface area (Å²) >= 11 is 0. The fourth-order valence-corrected chi connectivity index (χ4v) is 3.59. The zero-order valence-electron chi connectivity index (χ0n) is 17.1. The second-order valence-electron chi connectivity index (χ2n) is 7.18. The molecule has 1 aliphatic rings. The number of rotatable bonds is 4. The zero-order chi connectivity index (χ0) is 20.2. The van der Waals surface area contributed by atoms with E-state index in [-0.39, 0.29) is 6.10 Å². The molecule has 29 heavy (non-hydrogen) atoms. The number of guanidine groups is 1. The van der Waals surface area contributed by atoms with Crippen LogP contribution in [0.25, 0.3) is 5.69 Å². The maximum Gasteiger partial charge on any atom is 0.194 e. The van der Waals surface area contributed by atoms with Gasteiger partial charge in [-0.2, -0.15) is 10.2 Å². The second-order valence-corrected chi connectivity index (χ2v) is 7.18. The molecule has 8 nitrogen and oxygen atoms in total. The topological polar surface area (TPSA) is 72.5 Å². The normalized spacial score (nSPS) is 17.6. The molecule has 0 bridgehead atoms. The van der Waals surface area contributed by atoms with Crippen LogP contribution in [0.2, 0.25) is 0 Å². The maximum absolute atomic E-state index is 5.95. The molecule has 1 N–H and O–H groups in total. The Morgan fingerprint density at radius 3 is 2.90 bits per heavy atom. The highest BCUT2D eigenvalue weighted by Gasteiger charge is 2.25. The predicted molar refractivity (Wildman–Crippen MR) is 112 cm³/mol. The van der Waals surface area contributed by atoms with Gasteiger partial charge in [-0.05, 0) is 24.6 Å². The Morgan fingerprint density at radius 1 is 1.31 bits per heavy atom. The fourth-order valence-electron chi connectivity index (χ4n) is 3.59. The number of morpholine rings is 1. The van der Waals surface area contributed by atoms with E-state index >= 15 is 0 Å². The van der Waals surface area contributed by atoms with Crippen LogP contribution in [-0.2, 0) is 18.3 Å². The molecule has 0 spiro atoms. The van der Waals surface area contributed by atoms with E-state index < -0.39 is 0 Å². The highest BCUT2D eigenvalue weighted by Crippen LogP contribution is 2.22. The van der Waals surface area contributed by atoms with Gasteiger partial charge in [0.05, 0.1) is 30.7 Å². The molecule has 1 aliphatic heterocycles. The summed E-state index contributed by atoms with van der Waals surface area (Å²) in [7, 11) is 3.74. The Labute approximate surface area is 170 Å². The number of nitrogens with zero attached hydrogens (tertiary/aromatic N) is 6. The molecule has 0 saturated carbocycles. The van der Waals surface area contributed by atoms with E-state index in [0.717, 1.165) is 41.6 Å². The van der Waals surface area contributed by atoms with Crippen LogP contribution in [0.3, 0.4) is 0 Å². The van der Waals surface area contributed by atoms with Crippen molar-refractivity contribution in [1.29, 1.82) is 0 Å². The lowest BCUT2D eigenvalue weighted by atomic mass is 10.1. The number of aromatic nitrogens is 4. The molecule has 0 aliphatic carbocycles. The predicted octanol–water partition coefficient (Wildman–Crippen LogP) is 2.06. The Morgan fingerprint density at radius 2 is 2.17 bits per heavy atom. The van der Waals surface area contributed by atoms with Crippen LogP contribution in [0.5, 0.6) is 0 Å². The van der Waals surface area contributed by atoms with Crippen molar-refractivity contribution in [2.45, 2.75) is 19.6 Å². The minimum Gasteiger partial charge on any atom is -0.370 e. The van der Waals surface area contributed by atoms with Crippen LogP contribution in [0, 0.1) is 6.92 Å². The first-order chi connectivity index (χ1) is 14.1. The van der Waals surface area contributed by atoms with Crippen LogP contribution in [-0.4, -0.2) is 57.2 Å². The lowest BCUT2D eigenvalue weighted by Crippen LogP contribution is -2.48. The van der Waals surface area contributed by atoms with E-state index in [0.29, 0.717) is 13.2 Å². The number of hydrogen-bond acceptors (Lipinski definition) is 4. The van der Waals surface area contributed by atoms with Crippen molar-refractivity contribution in [3.8, 4) is 5.69 Å². The molecule has 4 rings (SSSR count). The smallest absolute Gasteiger partial charge is 0.194 e. The molecule has 1 aromatic carbocycles. The van der Waals surface area contributed by atoms with Crippen LogP contribution in [0.15, 0.2) is 53.9 Å². The first-order valence-electron chi connectivity index (χ1n) is 9.80. The minimum absolute atomic E-state index is 0.00432. The summed E-state index contributed by atoms with van der Waals surface area (Å²) in [6.07, 6.45) is 5.86. The van der Waals surface area contributed by atoms with Gasteiger partial charge >= 0.3 is 0 Å². The Hall–Kier alpha value is -3.13. The molecule has 1 fully saturated rings. The minimum atomic E-state index is -0.00432. The Kier molecular flexibility index (Phi) is 5.62. The van der Waals surface area contributed by atoms with Crippen LogP contribution in [0.1, 0.15) is 22.9 Å². The standard InChI is InChI=1S/C21H27N7O/c1-16-8-9-28(25-16)19-7-5-4-6-17(19)12-23-21(22-2)27-10-11-29-20(15-27)18-13-24-26(3)14-18/h4-9,13-14,20H,10-12,15H2,1-3H3,(H,22,23). The zero-order valence-corrected chi connectivity index (χ0v) is 17.1. The van der Waals surface area contributed by atoms with Crippen molar-refractivity contribution >= 4 is 5.96 Å². The van der Waals surface area contributed by atoms with E-state index in [9.17, 15) is 0 Å². The molecular formula is C21H27N7O. The average Bonchev–Trinajstić information content (AvgIpc) is 3.37. The van der Waals surface area contributed by atoms with Crippen molar-refractivity contribution in [1.82, 2.24) is 29.8 Å². The van der Waals surface area contributed by atoms with Gasteiger partial charge in [0.15, 0.2) is 5.96 Å². The van der Waals surface area contributed by atoms with E-state index in [4.69, 9.17) is 4.74 Å². The molecule has 1 saturated heterocycles. The molecule has 152 valence electrons. The molecule has 1 atom stereocenters. The summed E-state index contributed by atoms with van der Waals surface area (Å²) in [5, 5.41) is 12.3. The van der Waals surface area contributed by atoms with Gasteiger partial charge in [0.1, 0.15) is 6.10 Å². The van der Waals surface area contributed by atoms with Crippen molar-refractivity contribution < 1.29 is 4.74 Å². The first kappa shape index (κ1) is 19.2.